The number of nitrogens with zero attached hydrogens (tertiary/aromatic N) is 5. The molecule has 1 aliphatic heterocycles. The normalized spacial score (nSPS) is 16.1. The van der Waals surface area contributed by atoms with Gasteiger partial charge in [-0.05, 0) is 26.1 Å². The number of primary amides is 1. The van der Waals surface area contributed by atoms with Crippen LogP contribution in [0.3, 0.4) is 0 Å². The zero-order valence-corrected chi connectivity index (χ0v) is 21.7. The Morgan fingerprint density at radius 3 is 2.61 bits per heavy atom. The van der Waals surface area contributed by atoms with Crippen molar-refractivity contribution in [3.8, 4) is 10.8 Å². The molecule has 1 fully saturated rings. The van der Waals surface area contributed by atoms with Gasteiger partial charge in [-0.15, -0.1) is 11.3 Å². The molecule has 38 heavy (non-hydrogen) atoms. The van der Waals surface area contributed by atoms with Crippen molar-refractivity contribution in [2.45, 2.75) is 25.7 Å². The van der Waals surface area contributed by atoms with Gasteiger partial charge in [-0.2, -0.15) is 13.2 Å². The molecular formula is C26H27F3N6O2S. The summed E-state index contributed by atoms with van der Waals surface area (Å²) in [7, 11) is 2.11. The second-order valence-corrected chi connectivity index (χ2v) is 10.4. The molecule has 4 aromatic rings. The standard InChI is InChI=1S/C26H27F3N6O2S/c1-16(18-5-3-4-6-19(18)26(27,28)29)37-22-12-23(38-24(22)25(30)36)35-15-32-20-13-31-17(11-21(20)35)14-34-9-7-33(2)8-10-34/h3-6,11-13,15-16H,7-10,14H2,1-2H3,(H2,30,36). The Bertz CT molecular complexity index is 1460. The van der Waals surface area contributed by atoms with Crippen molar-refractivity contribution in [2.75, 3.05) is 33.2 Å². The van der Waals surface area contributed by atoms with Crippen molar-refractivity contribution in [3.05, 3.63) is 70.6 Å². The number of pyridine rings is 1. The van der Waals surface area contributed by atoms with E-state index in [4.69, 9.17) is 10.5 Å². The van der Waals surface area contributed by atoms with Crippen LogP contribution in [-0.2, 0) is 12.7 Å². The summed E-state index contributed by atoms with van der Waals surface area (Å²) in [4.78, 5) is 26.0. The number of rotatable bonds is 7. The second kappa shape index (κ2) is 10.4. The number of aromatic nitrogens is 3. The minimum Gasteiger partial charge on any atom is -0.484 e. The Balaban J connectivity index is 1.44. The number of benzene rings is 1. The van der Waals surface area contributed by atoms with E-state index in [1.54, 1.807) is 18.6 Å². The zero-order chi connectivity index (χ0) is 27.0. The van der Waals surface area contributed by atoms with E-state index in [1.807, 2.05) is 10.6 Å². The summed E-state index contributed by atoms with van der Waals surface area (Å²) in [6, 6.07) is 8.79. The van der Waals surface area contributed by atoms with E-state index >= 15 is 0 Å². The van der Waals surface area contributed by atoms with Crippen LogP contribution in [0.1, 0.15) is 39.5 Å². The van der Waals surface area contributed by atoms with Crippen molar-refractivity contribution < 1.29 is 22.7 Å². The average Bonchev–Trinajstić information content (AvgIpc) is 3.49. The monoisotopic (exact) mass is 544 g/mol. The number of thiophene rings is 1. The van der Waals surface area contributed by atoms with Gasteiger partial charge in [0.15, 0.2) is 0 Å². The lowest BCUT2D eigenvalue weighted by Crippen LogP contribution is -2.44. The maximum absolute atomic E-state index is 13.5. The van der Waals surface area contributed by atoms with Gasteiger partial charge in [0.25, 0.3) is 5.91 Å². The molecule has 0 aliphatic carbocycles. The summed E-state index contributed by atoms with van der Waals surface area (Å²) < 4.78 is 48.3. The highest BCUT2D eigenvalue weighted by Crippen LogP contribution is 2.39. The number of amides is 1. The molecule has 3 aromatic heterocycles. The van der Waals surface area contributed by atoms with Gasteiger partial charge in [0.05, 0.1) is 23.0 Å². The third-order valence-electron chi connectivity index (χ3n) is 6.63. The molecule has 1 saturated heterocycles. The van der Waals surface area contributed by atoms with Crippen LogP contribution in [0.2, 0.25) is 0 Å². The molecule has 4 heterocycles. The number of fused-ring (bicyclic) bond motifs is 1. The first kappa shape index (κ1) is 26.1. The fourth-order valence-electron chi connectivity index (χ4n) is 4.55. The number of nitrogens with two attached hydrogens (primary N) is 1. The highest BCUT2D eigenvalue weighted by atomic mass is 32.1. The summed E-state index contributed by atoms with van der Waals surface area (Å²) in [5, 5.41) is 0.601. The Labute approximate surface area is 221 Å². The van der Waals surface area contributed by atoms with Crippen LogP contribution >= 0.6 is 11.3 Å². The lowest BCUT2D eigenvalue weighted by Gasteiger charge is -2.32. The third-order valence-corrected chi connectivity index (χ3v) is 7.76. The fraction of sp³-hybridized carbons (Fsp3) is 0.346. The highest BCUT2D eigenvalue weighted by molar-refractivity contribution is 7.16. The Morgan fingerprint density at radius 1 is 1.16 bits per heavy atom. The lowest BCUT2D eigenvalue weighted by molar-refractivity contribution is -0.138. The first-order valence-electron chi connectivity index (χ1n) is 12.1. The number of piperazine rings is 1. The van der Waals surface area contributed by atoms with Crippen LogP contribution in [0.5, 0.6) is 5.75 Å². The number of likely N-dealkylation sites (N-methyl/N-ethyl adjacent to an activating group) is 1. The molecule has 1 amide bonds. The summed E-state index contributed by atoms with van der Waals surface area (Å²) in [5.74, 6) is -0.607. The predicted octanol–water partition coefficient (Wildman–Crippen LogP) is 4.49. The molecular weight excluding hydrogens is 517 g/mol. The third kappa shape index (κ3) is 5.38. The predicted molar refractivity (Wildman–Crippen MR) is 139 cm³/mol. The first-order valence-corrected chi connectivity index (χ1v) is 12.9. The van der Waals surface area contributed by atoms with Crippen LogP contribution in [0.15, 0.2) is 48.9 Å². The van der Waals surface area contributed by atoms with Gasteiger partial charge < -0.3 is 15.4 Å². The molecule has 0 bridgehead atoms. The molecule has 0 radical (unpaired) electrons. The van der Waals surface area contributed by atoms with E-state index in [1.165, 1.54) is 25.1 Å². The summed E-state index contributed by atoms with van der Waals surface area (Å²) in [6.07, 6.45) is -2.18. The van der Waals surface area contributed by atoms with E-state index < -0.39 is 23.8 Å². The SMILES string of the molecule is CC(Oc1cc(-n2cnc3cnc(CN4CCN(C)CC4)cc32)sc1C(N)=O)c1ccccc1C(F)(F)F. The fourth-order valence-corrected chi connectivity index (χ4v) is 5.48. The number of imidazole rings is 1. The maximum Gasteiger partial charge on any atom is 0.416 e. The summed E-state index contributed by atoms with van der Waals surface area (Å²) in [5.41, 5.74) is 7.16. The molecule has 12 heteroatoms. The Kier molecular flexibility index (Phi) is 7.12. The zero-order valence-electron chi connectivity index (χ0n) is 20.9. The van der Waals surface area contributed by atoms with Gasteiger partial charge in [-0.1, -0.05) is 18.2 Å². The number of hydrogen-bond acceptors (Lipinski definition) is 7. The van der Waals surface area contributed by atoms with Crippen molar-refractivity contribution in [3.63, 3.8) is 0 Å². The lowest BCUT2D eigenvalue weighted by atomic mass is 10.0. The largest absolute Gasteiger partial charge is 0.484 e. The summed E-state index contributed by atoms with van der Waals surface area (Å²) >= 11 is 1.09. The molecule has 8 nitrogen and oxygen atoms in total. The second-order valence-electron chi connectivity index (χ2n) is 9.35. The number of ether oxygens (including phenoxy) is 1. The van der Waals surface area contributed by atoms with E-state index in [2.05, 4.69) is 26.8 Å². The number of hydrogen-bond donors (Lipinski definition) is 1. The van der Waals surface area contributed by atoms with Crippen molar-refractivity contribution >= 4 is 28.3 Å². The number of carbonyl (C=O) groups excluding carboxylic acids is 1. The smallest absolute Gasteiger partial charge is 0.416 e. The van der Waals surface area contributed by atoms with Crippen LogP contribution in [0.4, 0.5) is 13.2 Å². The maximum atomic E-state index is 13.5. The van der Waals surface area contributed by atoms with Crippen LogP contribution in [0, 0.1) is 0 Å². The minimum atomic E-state index is -4.54. The molecule has 1 atom stereocenters. The van der Waals surface area contributed by atoms with E-state index in [-0.39, 0.29) is 16.2 Å². The van der Waals surface area contributed by atoms with Crippen LogP contribution < -0.4 is 10.5 Å². The Hall–Kier alpha value is -3.48. The molecule has 1 aromatic carbocycles. The van der Waals surface area contributed by atoms with Gasteiger partial charge in [-0.3, -0.25) is 19.2 Å². The molecule has 200 valence electrons. The quantitative estimate of drug-likeness (QED) is 0.369. The Morgan fingerprint density at radius 2 is 1.89 bits per heavy atom. The molecule has 0 spiro atoms. The highest BCUT2D eigenvalue weighted by Gasteiger charge is 2.35. The van der Waals surface area contributed by atoms with Gasteiger partial charge in [0.1, 0.15) is 33.6 Å². The van der Waals surface area contributed by atoms with E-state index in [0.29, 0.717) is 17.1 Å². The first-order chi connectivity index (χ1) is 18.1. The van der Waals surface area contributed by atoms with Gasteiger partial charge in [0.2, 0.25) is 0 Å². The topological polar surface area (TPSA) is 89.5 Å². The van der Waals surface area contributed by atoms with Gasteiger partial charge in [0, 0.05) is 44.4 Å². The molecule has 1 unspecified atom stereocenters. The van der Waals surface area contributed by atoms with Gasteiger partial charge >= 0.3 is 6.18 Å². The summed E-state index contributed by atoms with van der Waals surface area (Å²) in [6.45, 7) is 6.13. The van der Waals surface area contributed by atoms with Crippen molar-refractivity contribution in [1.82, 2.24) is 24.3 Å². The number of carbonyl (C=O) groups is 1. The van der Waals surface area contributed by atoms with Crippen molar-refractivity contribution in [2.24, 2.45) is 5.73 Å². The average molecular weight is 545 g/mol. The van der Waals surface area contributed by atoms with Crippen molar-refractivity contribution in [1.29, 1.82) is 0 Å². The minimum absolute atomic E-state index is 0.0316. The number of halogens is 3. The van der Waals surface area contributed by atoms with E-state index in [0.717, 1.165) is 54.8 Å². The van der Waals surface area contributed by atoms with E-state index in [9.17, 15) is 18.0 Å². The van der Waals surface area contributed by atoms with Gasteiger partial charge in [-0.25, -0.2) is 4.98 Å². The van der Waals surface area contributed by atoms with Crippen LogP contribution in [0.25, 0.3) is 16.0 Å². The molecule has 5 rings (SSSR count). The molecule has 2 N–H and O–H groups in total. The molecule has 0 saturated carbocycles. The number of alkyl halides is 3. The molecule has 1 aliphatic rings. The van der Waals surface area contributed by atoms with Crippen LogP contribution in [-0.4, -0.2) is 63.5 Å².